The van der Waals surface area contributed by atoms with E-state index in [-0.39, 0.29) is 6.61 Å². The summed E-state index contributed by atoms with van der Waals surface area (Å²) < 4.78 is 10.4. The van der Waals surface area contributed by atoms with Crippen LogP contribution in [0.25, 0.3) is 6.08 Å². The van der Waals surface area contributed by atoms with Crippen LogP contribution in [0.15, 0.2) is 66.2 Å². The number of rotatable bonds is 7. The van der Waals surface area contributed by atoms with E-state index in [1.54, 1.807) is 6.92 Å². The topological polar surface area (TPSA) is 55.8 Å². The average molecular weight is 326 g/mol. The molecule has 1 N–H and O–H groups in total. The summed E-state index contributed by atoms with van der Waals surface area (Å²) in [5.41, 5.74) is 2.49. The number of aliphatic hydroxyl groups is 1. The van der Waals surface area contributed by atoms with Gasteiger partial charge in [-0.25, -0.2) is 4.79 Å². The molecular weight excluding hydrogens is 304 g/mol. The second kappa shape index (κ2) is 9.01. The van der Waals surface area contributed by atoms with Gasteiger partial charge in [0.2, 0.25) is 0 Å². The predicted molar refractivity (Wildman–Crippen MR) is 93.1 cm³/mol. The summed E-state index contributed by atoms with van der Waals surface area (Å²) in [6.07, 6.45) is -0.330. The molecular formula is C20H22O4. The quantitative estimate of drug-likeness (QED) is 0.794. The standard InChI is InChI=1S/C20H22O4/c1-15(13-16-9-5-3-6-10-16)18(21)19(20(22)23-2)24-14-17-11-7-4-8-12-17/h3-13,18-19,21H,14H2,1-2H3/b15-13+. The molecule has 0 saturated heterocycles. The van der Waals surface area contributed by atoms with Gasteiger partial charge in [0.15, 0.2) is 6.10 Å². The highest BCUT2D eigenvalue weighted by Crippen LogP contribution is 2.16. The first-order valence-corrected chi connectivity index (χ1v) is 7.76. The van der Waals surface area contributed by atoms with Gasteiger partial charge in [0.25, 0.3) is 0 Å². The van der Waals surface area contributed by atoms with Crippen LogP contribution in [0.5, 0.6) is 0 Å². The number of hydrogen-bond donors (Lipinski definition) is 1. The van der Waals surface area contributed by atoms with Gasteiger partial charge in [-0.2, -0.15) is 0 Å². The van der Waals surface area contributed by atoms with Crippen LogP contribution in [0, 0.1) is 0 Å². The minimum absolute atomic E-state index is 0.219. The molecule has 126 valence electrons. The summed E-state index contributed by atoms with van der Waals surface area (Å²) in [5.74, 6) is -0.598. The van der Waals surface area contributed by atoms with Crippen LogP contribution in [-0.2, 0) is 20.9 Å². The Bertz CT molecular complexity index is 665. The van der Waals surface area contributed by atoms with Crippen LogP contribution in [0.1, 0.15) is 18.1 Å². The molecule has 0 fully saturated rings. The number of methoxy groups -OCH3 is 1. The predicted octanol–water partition coefficient (Wildman–Crippen LogP) is 3.21. The molecule has 4 nitrogen and oxygen atoms in total. The van der Waals surface area contributed by atoms with Crippen LogP contribution in [-0.4, -0.2) is 30.4 Å². The second-order valence-electron chi connectivity index (χ2n) is 5.48. The fraction of sp³-hybridized carbons (Fsp3) is 0.250. The van der Waals surface area contributed by atoms with Gasteiger partial charge in [-0.05, 0) is 23.6 Å². The fourth-order valence-corrected chi connectivity index (χ4v) is 2.30. The summed E-state index contributed by atoms with van der Waals surface area (Å²) in [4.78, 5) is 12.0. The van der Waals surface area contributed by atoms with E-state index >= 15 is 0 Å². The van der Waals surface area contributed by atoms with Gasteiger partial charge >= 0.3 is 5.97 Å². The highest BCUT2D eigenvalue weighted by molar-refractivity contribution is 5.76. The molecule has 2 atom stereocenters. The number of carbonyl (C=O) groups excluding carboxylic acids is 1. The molecule has 4 heteroatoms. The molecule has 24 heavy (non-hydrogen) atoms. The fourth-order valence-electron chi connectivity index (χ4n) is 2.30. The van der Waals surface area contributed by atoms with Crippen molar-refractivity contribution in [2.24, 2.45) is 0 Å². The molecule has 2 rings (SSSR count). The monoisotopic (exact) mass is 326 g/mol. The molecule has 0 spiro atoms. The Labute approximate surface area is 142 Å². The molecule has 0 aromatic heterocycles. The Kier molecular flexibility index (Phi) is 6.73. The zero-order chi connectivity index (χ0) is 17.4. The van der Waals surface area contributed by atoms with Crippen LogP contribution in [0.2, 0.25) is 0 Å². The highest BCUT2D eigenvalue weighted by Gasteiger charge is 2.29. The Morgan fingerprint density at radius 3 is 2.25 bits per heavy atom. The lowest BCUT2D eigenvalue weighted by Gasteiger charge is -2.22. The van der Waals surface area contributed by atoms with Gasteiger partial charge in [0, 0.05) is 0 Å². The van der Waals surface area contributed by atoms with Crippen molar-refractivity contribution in [2.75, 3.05) is 7.11 Å². The van der Waals surface area contributed by atoms with E-state index in [4.69, 9.17) is 9.47 Å². The first-order chi connectivity index (χ1) is 11.6. The van der Waals surface area contributed by atoms with E-state index in [0.717, 1.165) is 11.1 Å². The molecule has 0 heterocycles. The molecule has 0 aliphatic carbocycles. The van der Waals surface area contributed by atoms with Crippen molar-refractivity contribution >= 4 is 12.0 Å². The average Bonchev–Trinajstić information content (AvgIpc) is 2.63. The lowest BCUT2D eigenvalue weighted by atomic mass is 10.0. The van der Waals surface area contributed by atoms with E-state index in [1.807, 2.05) is 66.7 Å². The maximum Gasteiger partial charge on any atom is 0.338 e. The van der Waals surface area contributed by atoms with E-state index in [9.17, 15) is 9.90 Å². The van der Waals surface area contributed by atoms with Crippen LogP contribution < -0.4 is 0 Å². The summed E-state index contributed by atoms with van der Waals surface area (Å²) in [5, 5.41) is 10.5. The van der Waals surface area contributed by atoms with Crippen molar-refractivity contribution in [1.82, 2.24) is 0 Å². The zero-order valence-corrected chi connectivity index (χ0v) is 13.9. The second-order valence-corrected chi connectivity index (χ2v) is 5.48. The number of aliphatic hydroxyl groups excluding tert-OH is 1. The number of benzene rings is 2. The molecule has 2 aromatic rings. The van der Waals surface area contributed by atoms with Crippen molar-refractivity contribution in [3.05, 3.63) is 77.4 Å². The van der Waals surface area contributed by atoms with E-state index in [1.165, 1.54) is 7.11 Å². The first kappa shape index (κ1) is 17.9. The Balaban J connectivity index is 2.11. The maximum atomic E-state index is 12.0. The van der Waals surface area contributed by atoms with Gasteiger partial charge in [-0.15, -0.1) is 0 Å². The molecule has 2 aromatic carbocycles. The van der Waals surface area contributed by atoms with Crippen molar-refractivity contribution in [3.63, 3.8) is 0 Å². The molecule has 2 unspecified atom stereocenters. The Morgan fingerprint density at radius 2 is 1.67 bits per heavy atom. The number of carbonyl (C=O) groups is 1. The molecule has 0 amide bonds. The van der Waals surface area contributed by atoms with Crippen molar-refractivity contribution in [2.45, 2.75) is 25.7 Å². The largest absolute Gasteiger partial charge is 0.467 e. The number of esters is 1. The third-order valence-corrected chi connectivity index (χ3v) is 3.65. The van der Waals surface area contributed by atoms with Crippen molar-refractivity contribution in [3.8, 4) is 0 Å². The van der Waals surface area contributed by atoms with Crippen LogP contribution >= 0.6 is 0 Å². The summed E-state index contributed by atoms with van der Waals surface area (Å²) in [6, 6.07) is 19.1. The number of ether oxygens (including phenoxy) is 2. The van der Waals surface area contributed by atoms with Gasteiger partial charge < -0.3 is 14.6 Å². The van der Waals surface area contributed by atoms with Gasteiger partial charge in [-0.1, -0.05) is 66.7 Å². The lowest BCUT2D eigenvalue weighted by molar-refractivity contribution is -0.161. The SMILES string of the molecule is COC(=O)C(OCc1ccccc1)C(O)/C(C)=C/c1ccccc1. The van der Waals surface area contributed by atoms with E-state index in [0.29, 0.717) is 5.57 Å². The van der Waals surface area contributed by atoms with Crippen LogP contribution in [0.4, 0.5) is 0 Å². The Morgan fingerprint density at radius 1 is 1.08 bits per heavy atom. The van der Waals surface area contributed by atoms with Crippen molar-refractivity contribution < 1.29 is 19.4 Å². The summed E-state index contributed by atoms with van der Waals surface area (Å²) >= 11 is 0. The third-order valence-electron chi connectivity index (χ3n) is 3.65. The molecule has 0 saturated carbocycles. The normalized spacial score (nSPS) is 14.0. The number of hydrogen-bond acceptors (Lipinski definition) is 4. The zero-order valence-electron chi connectivity index (χ0n) is 13.9. The smallest absolute Gasteiger partial charge is 0.338 e. The minimum Gasteiger partial charge on any atom is -0.467 e. The summed E-state index contributed by atoms with van der Waals surface area (Å²) in [7, 11) is 1.28. The molecule has 0 aliphatic rings. The molecule has 0 radical (unpaired) electrons. The lowest BCUT2D eigenvalue weighted by Crippen LogP contribution is -2.38. The summed E-state index contributed by atoms with van der Waals surface area (Å²) in [6.45, 7) is 1.98. The van der Waals surface area contributed by atoms with Crippen LogP contribution in [0.3, 0.4) is 0 Å². The maximum absolute atomic E-state index is 12.0. The van der Waals surface area contributed by atoms with E-state index < -0.39 is 18.2 Å². The Hall–Kier alpha value is -2.43. The highest BCUT2D eigenvalue weighted by atomic mass is 16.6. The van der Waals surface area contributed by atoms with Gasteiger partial charge in [-0.3, -0.25) is 0 Å². The van der Waals surface area contributed by atoms with Gasteiger partial charge in [0.1, 0.15) is 6.10 Å². The third kappa shape index (κ3) is 5.05. The molecule has 0 bridgehead atoms. The van der Waals surface area contributed by atoms with Gasteiger partial charge in [0.05, 0.1) is 13.7 Å². The minimum atomic E-state index is -1.08. The van der Waals surface area contributed by atoms with E-state index in [2.05, 4.69) is 0 Å². The molecule has 0 aliphatic heterocycles. The first-order valence-electron chi connectivity index (χ1n) is 7.76. The van der Waals surface area contributed by atoms with Crippen molar-refractivity contribution in [1.29, 1.82) is 0 Å².